The van der Waals surface area contributed by atoms with Crippen LogP contribution in [0.5, 0.6) is 0 Å². The highest BCUT2D eigenvalue weighted by Gasteiger charge is 2.30. The lowest BCUT2D eigenvalue weighted by molar-refractivity contribution is -0.154. The van der Waals surface area contributed by atoms with Gasteiger partial charge in [0.1, 0.15) is 5.82 Å². The van der Waals surface area contributed by atoms with Crippen molar-refractivity contribution in [2.45, 2.75) is 13.0 Å². The van der Waals surface area contributed by atoms with Gasteiger partial charge in [-0.2, -0.15) is 0 Å². The van der Waals surface area contributed by atoms with Gasteiger partial charge in [-0.05, 0) is 36.2 Å². The Balaban J connectivity index is 1.82. The molecule has 1 aliphatic rings. The van der Waals surface area contributed by atoms with Gasteiger partial charge in [-0.25, -0.2) is 9.18 Å². The van der Waals surface area contributed by atoms with Gasteiger partial charge in [-0.3, -0.25) is 4.79 Å². The van der Waals surface area contributed by atoms with E-state index in [9.17, 15) is 14.0 Å². The van der Waals surface area contributed by atoms with E-state index in [0.717, 1.165) is 16.0 Å². The van der Waals surface area contributed by atoms with Crippen molar-refractivity contribution in [3.05, 3.63) is 46.6 Å². The van der Waals surface area contributed by atoms with Crippen LogP contribution in [-0.4, -0.2) is 47.7 Å². The van der Waals surface area contributed by atoms with Crippen LogP contribution in [0.15, 0.2) is 30.3 Å². The third-order valence-electron chi connectivity index (χ3n) is 3.86. The predicted molar refractivity (Wildman–Crippen MR) is 87.7 cm³/mol. The lowest BCUT2D eigenvalue weighted by Gasteiger charge is -2.30. The Morgan fingerprint density at radius 2 is 2.04 bits per heavy atom. The first-order chi connectivity index (χ1) is 11.5. The largest absolute Gasteiger partial charge is 0.479 e. The smallest absolute Gasteiger partial charge is 0.334 e. The second-order valence-electron chi connectivity index (χ2n) is 5.58. The first-order valence-electron chi connectivity index (χ1n) is 7.46. The zero-order chi connectivity index (χ0) is 17.3. The molecule has 2 aromatic rings. The number of halogens is 1. The molecule has 126 valence electrons. The number of carboxylic acids is 1. The average Bonchev–Trinajstić information content (AvgIpc) is 2.97. The number of nitrogens with zero attached hydrogens (tertiary/aromatic N) is 1. The zero-order valence-corrected chi connectivity index (χ0v) is 13.8. The van der Waals surface area contributed by atoms with Crippen LogP contribution in [0, 0.1) is 12.7 Å². The van der Waals surface area contributed by atoms with E-state index in [-0.39, 0.29) is 24.9 Å². The number of thiophene rings is 1. The van der Waals surface area contributed by atoms with E-state index in [1.165, 1.54) is 28.4 Å². The highest BCUT2D eigenvalue weighted by Crippen LogP contribution is 2.33. The molecule has 0 radical (unpaired) electrons. The Labute approximate surface area is 142 Å². The molecule has 0 saturated carbocycles. The molecule has 1 aromatic heterocycles. The fourth-order valence-corrected chi connectivity index (χ4v) is 3.76. The summed E-state index contributed by atoms with van der Waals surface area (Å²) < 4.78 is 18.2. The minimum absolute atomic E-state index is 0.0387. The van der Waals surface area contributed by atoms with Crippen molar-refractivity contribution in [3.8, 4) is 10.4 Å². The summed E-state index contributed by atoms with van der Waals surface area (Å²) >= 11 is 1.33. The zero-order valence-electron chi connectivity index (χ0n) is 13.0. The van der Waals surface area contributed by atoms with E-state index < -0.39 is 12.1 Å². The summed E-state index contributed by atoms with van der Waals surface area (Å²) in [4.78, 5) is 26.6. The number of amides is 1. The molecule has 0 spiro atoms. The molecule has 1 saturated heterocycles. The number of carboxylic acid groups (broad SMARTS) is 1. The van der Waals surface area contributed by atoms with Crippen molar-refractivity contribution < 1.29 is 23.8 Å². The van der Waals surface area contributed by atoms with E-state index in [1.807, 2.05) is 6.92 Å². The average molecular weight is 349 g/mol. The number of hydrogen-bond acceptors (Lipinski definition) is 4. The number of ether oxygens (including phenoxy) is 1. The molecule has 0 unspecified atom stereocenters. The van der Waals surface area contributed by atoms with Gasteiger partial charge >= 0.3 is 5.97 Å². The SMILES string of the molecule is Cc1cc(C(=O)N2CCO[C@@H](C(=O)O)C2)sc1-c1ccc(F)cc1. The van der Waals surface area contributed by atoms with Gasteiger partial charge < -0.3 is 14.7 Å². The van der Waals surface area contributed by atoms with E-state index in [4.69, 9.17) is 9.84 Å². The van der Waals surface area contributed by atoms with E-state index in [1.54, 1.807) is 18.2 Å². The van der Waals surface area contributed by atoms with E-state index in [0.29, 0.717) is 11.4 Å². The van der Waals surface area contributed by atoms with Crippen LogP contribution < -0.4 is 0 Å². The van der Waals surface area contributed by atoms with Gasteiger partial charge in [-0.1, -0.05) is 12.1 Å². The minimum atomic E-state index is -1.07. The number of carbonyl (C=O) groups is 2. The Kier molecular flexibility index (Phi) is 4.64. The van der Waals surface area contributed by atoms with Crippen LogP contribution in [0.4, 0.5) is 4.39 Å². The molecule has 2 heterocycles. The second-order valence-corrected chi connectivity index (χ2v) is 6.63. The van der Waals surface area contributed by atoms with Crippen molar-refractivity contribution >= 4 is 23.2 Å². The summed E-state index contributed by atoms with van der Waals surface area (Å²) in [5.74, 6) is -1.58. The molecule has 0 aliphatic carbocycles. The molecule has 1 aromatic carbocycles. The monoisotopic (exact) mass is 349 g/mol. The molecule has 1 N–H and O–H groups in total. The summed E-state index contributed by atoms with van der Waals surface area (Å²) in [6, 6.07) is 7.91. The highest BCUT2D eigenvalue weighted by molar-refractivity contribution is 7.17. The number of aliphatic carboxylic acids is 1. The Bertz CT molecular complexity index is 771. The van der Waals surface area contributed by atoms with Crippen LogP contribution in [0.1, 0.15) is 15.2 Å². The van der Waals surface area contributed by atoms with Gasteiger partial charge in [-0.15, -0.1) is 11.3 Å². The van der Waals surface area contributed by atoms with E-state index in [2.05, 4.69) is 0 Å². The highest BCUT2D eigenvalue weighted by atomic mass is 32.1. The topological polar surface area (TPSA) is 66.8 Å². The van der Waals surface area contributed by atoms with Crippen LogP contribution in [-0.2, 0) is 9.53 Å². The minimum Gasteiger partial charge on any atom is -0.479 e. The van der Waals surface area contributed by atoms with Crippen molar-refractivity contribution in [2.75, 3.05) is 19.7 Å². The number of hydrogen-bond donors (Lipinski definition) is 1. The van der Waals surface area contributed by atoms with Crippen molar-refractivity contribution in [3.63, 3.8) is 0 Å². The Morgan fingerprint density at radius 3 is 2.71 bits per heavy atom. The van der Waals surface area contributed by atoms with Crippen LogP contribution in [0.25, 0.3) is 10.4 Å². The maximum absolute atomic E-state index is 13.1. The molecular weight excluding hydrogens is 333 g/mol. The normalized spacial score (nSPS) is 17.8. The van der Waals surface area contributed by atoms with Gasteiger partial charge in [0.2, 0.25) is 0 Å². The third kappa shape index (κ3) is 3.32. The number of aryl methyl sites for hydroxylation is 1. The molecule has 7 heteroatoms. The summed E-state index contributed by atoms with van der Waals surface area (Å²) in [7, 11) is 0. The molecule has 1 fully saturated rings. The van der Waals surface area contributed by atoms with Gasteiger partial charge in [0, 0.05) is 11.4 Å². The maximum atomic E-state index is 13.1. The summed E-state index contributed by atoms with van der Waals surface area (Å²) in [5, 5.41) is 9.04. The first kappa shape index (κ1) is 16.6. The maximum Gasteiger partial charge on any atom is 0.334 e. The van der Waals surface area contributed by atoms with Crippen LogP contribution in [0.2, 0.25) is 0 Å². The number of carbonyl (C=O) groups excluding carboxylic acids is 1. The fourth-order valence-electron chi connectivity index (χ4n) is 2.61. The quantitative estimate of drug-likeness (QED) is 0.925. The number of benzene rings is 1. The lowest BCUT2D eigenvalue weighted by atomic mass is 10.1. The predicted octanol–water partition coefficient (Wildman–Crippen LogP) is 2.79. The molecule has 24 heavy (non-hydrogen) atoms. The molecule has 1 amide bonds. The second kappa shape index (κ2) is 6.70. The standard InChI is InChI=1S/C17H16FNO4S/c1-10-8-14(24-15(10)11-2-4-12(18)5-3-11)16(20)19-6-7-23-13(9-19)17(21)22/h2-5,8,13H,6-7,9H2,1H3,(H,21,22)/t13-/m1/s1. The van der Waals surface area contributed by atoms with Crippen molar-refractivity contribution in [1.29, 1.82) is 0 Å². The Hall–Kier alpha value is -2.25. The molecule has 1 aliphatic heterocycles. The fraction of sp³-hybridized carbons (Fsp3) is 0.294. The first-order valence-corrected chi connectivity index (χ1v) is 8.27. The number of rotatable bonds is 3. The van der Waals surface area contributed by atoms with Gasteiger partial charge in [0.15, 0.2) is 6.10 Å². The summed E-state index contributed by atoms with van der Waals surface area (Å²) in [6.45, 7) is 2.51. The van der Waals surface area contributed by atoms with Crippen LogP contribution in [0.3, 0.4) is 0 Å². The van der Waals surface area contributed by atoms with E-state index >= 15 is 0 Å². The molecule has 5 nitrogen and oxygen atoms in total. The van der Waals surface area contributed by atoms with Crippen molar-refractivity contribution in [1.82, 2.24) is 4.90 Å². The number of morpholine rings is 1. The summed E-state index contributed by atoms with van der Waals surface area (Å²) in [6.07, 6.45) is -0.986. The third-order valence-corrected chi connectivity index (χ3v) is 5.14. The Morgan fingerprint density at radius 1 is 1.33 bits per heavy atom. The van der Waals surface area contributed by atoms with Gasteiger partial charge in [0.05, 0.1) is 18.0 Å². The summed E-state index contributed by atoms with van der Waals surface area (Å²) in [5.41, 5.74) is 1.78. The molecule has 0 bridgehead atoms. The van der Waals surface area contributed by atoms with Crippen molar-refractivity contribution in [2.24, 2.45) is 0 Å². The molecule has 3 rings (SSSR count). The van der Waals surface area contributed by atoms with Gasteiger partial charge in [0.25, 0.3) is 5.91 Å². The lowest BCUT2D eigenvalue weighted by Crippen LogP contribution is -2.48. The van der Waals surface area contributed by atoms with Crippen LogP contribution >= 0.6 is 11.3 Å². The molecular formula is C17H16FNO4S. The molecule has 1 atom stereocenters.